The van der Waals surface area contributed by atoms with Crippen LogP contribution in [0.5, 0.6) is 5.75 Å². The molecule has 0 bridgehead atoms. The Labute approximate surface area is 103 Å². The Hall–Kier alpha value is -0.220. The maximum absolute atomic E-state index is 10.3. The van der Waals surface area contributed by atoms with E-state index in [1.54, 1.807) is 24.3 Å². The van der Waals surface area contributed by atoms with Crippen molar-refractivity contribution < 1.29 is 14.6 Å². The third-order valence-corrected chi connectivity index (χ3v) is 1.40. The van der Waals surface area contributed by atoms with Crippen molar-refractivity contribution >= 4 is 47.1 Å². The number of rotatable bonds is 2. The summed E-state index contributed by atoms with van der Waals surface area (Å²) < 4.78 is 0. The Morgan fingerprint density at radius 2 is 2.00 bits per heavy atom. The molecule has 3 nitrogen and oxygen atoms in total. The van der Waals surface area contributed by atoms with E-state index in [0.717, 1.165) is 0 Å². The predicted octanol–water partition coefficient (Wildman–Crippen LogP) is 1.55. The summed E-state index contributed by atoms with van der Waals surface area (Å²) >= 11 is 5.69. The van der Waals surface area contributed by atoms with Crippen LogP contribution in [0, 0.1) is 0 Å². The van der Waals surface area contributed by atoms with E-state index in [2.05, 4.69) is 9.78 Å². The van der Waals surface area contributed by atoms with Crippen molar-refractivity contribution in [1.29, 1.82) is 0 Å². The Balaban J connectivity index is 0.00000144. The van der Waals surface area contributed by atoms with E-state index in [1.807, 2.05) is 0 Å². The molecular weight excluding hydrogens is 203 g/mol. The van der Waals surface area contributed by atoms with Gasteiger partial charge in [-0.25, -0.2) is 4.79 Å². The second-order valence-electron chi connectivity index (χ2n) is 2.09. The molecule has 0 N–H and O–H groups in total. The normalized spacial score (nSPS) is 8.46. The van der Waals surface area contributed by atoms with E-state index in [4.69, 9.17) is 11.6 Å². The van der Waals surface area contributed by atoms with Gasteiger partial charge in [0.15, 0.2) is 5.75 Å². The zero-order valence-corrected chi connectivity index (χ0v) is 7.17. The number of para-hydroxylation sites is 1. The zero-order chi connectivity index (χ0) is 8.97. The minimum absolute atomic E-state index is 0. The number of carbonyl (C=O) groups excluding carboxylic acids is 1. The third-order valence-electron chi connectivity index (χ3n) is 1.09. The average molecular weight is 211 g/mol. The van der Waals surface area contributed by atoms with Crippen molar-refractivity contribution in [3.63, 3.8) is 0 Å². The standard InChI is InChI=1S/C8H7ClO3.Na.H/c1-6(10)11-12-8-5-3-2-4-7(8)9;;/h2-5H,1H3;;. The van der Waals surface area contributed by atoms with E-state index >= 15 is 0 Å². The molecule has 1 aromatic carbocycles. The Morgan fingerprint density at radius 3 is 2.54 bits per heavy atom. The Bertz CT molecular complexity index is 290. The van der Waals surface area contributed by atoms with Gasteiger partial charge in [0, 0.05) is 6.92 Å². The molecule has 5 heteroatoms. The molecule has 0 aliphatic carbocycles. The van der Waals surface area contributed by atoms with E-state index < -0.39 is 5.97 Å². The molecule has 0 aromatic heterocycles. The number of hydrogen-bond acceptors (Lipinski definition) is 3. The van der Waals surface area contributed by atoms with Crippen LogP contribution in [0.1, 0.15) is 6.92 Å². The van der Waals surface area contributed by atoms with Crippen molar-refractivity contribution in [2.45, 2.75) is 6.92 Å². The van der Waals surface area contributed by atoms with Crippen molar-refractivity contribution in [1.82, 2.24) is 0 Å². The van der Waals surface area contributed by atoms with Crippen LogP contribution in [0.2, 0.25) is 5.02 Å². The maximum atomic E-state index is 10.3. The van der Waals surface area contributed by atoms with Crippen LogP contribution in [0.25, 0.3) is 0 Å². The van der Waals surface area contributed by atoms with Gasteiger partial charge in [-0.05, 0) is 12.1 Å². The van der Waals surface area contributed by atoms with Gasteiger partial charge in [-0.15, -0.1) is 0 Å². The van der Waals surface area contributed by atoms with Crippen molar-refractivity contribution in [3.05, 3.63) is 29.3 Å². The fourth-order valence-electron chi connectivity index (χ4n) is 0.616. The molecule has 0 aliphatic rings. The first-order valence-corrected chi connectivity index (χ1v) is 3.67. The van der Waals surface area contributed by atoms with Crippen LogP contribution < -0.4 is 4.89 Å². The van der Waals surface area contributed by atoms with Crippen LogP contribution in [-0.4, -0.2) is 35.5 Å². The van der Waals surface area contributed by atoms with Gasteiger partial charge in [0.05, 0.1) is 5.02 Å². The van der Waals surface area contributed by atoms with E-state index in [-0.39, 0.29) is 29.6 Å². The SMILES string of the molecule is CC(=O)OOc1ccccc1Cl.[NaH]. The fraction of sp³-hybridized carbons (Fsp3) is 0.125. The van der Waals surface area contributed by atoms with Gasteiger partial charge in [-0.1, -0.05) is 23.7 Å². The summed E-state index contributed by atoms with van der Waals surface area (Å²) in [5, 5.41) is 0.402. The Morgan fingerprint density at radius 1 is 1.38 bits per heavy atom. The van der Waals surface area contributed by atoms with Crippen molar-refractivity contribution in [2.75, 3.05) is 0 Å². The molecular formula is C8H8ClNaO3. The van der Waals surface area contributed by atoms with Gasteiger partial charge < -0.3 is 0 Å². The number of carbonyl (C=O) groups is 1. The van der Waals surface area contributed by atoms with E-state index in [1.165, 1.54) is 6.92 Å². The summed E-state index contributed by atoms with van der Waals surface area (Å²) in [7, 11) is 0. The van der Waals surface area contributed by atoms with Crippen LogP contribution in [0.4, 0.5) is 0 Å². The molecule has 0 aliphatic heterocycles. The van der Waals surface area contributed by atoms with Crippen LogP contribution >= 0.6 is 11.6 Å². The second-order valence-corrected chi connectivity index (χ2v) is 2.50. The molecule has 66 valence electrons. The quantitative estimate of drug-likeness (QED) is 0.422. The second kappa shape index (κ2) is 6.27. The molecule has 1 aromatic rings. The van der Waals surface area contributed by atoms with Gasteiger partial charge in [-0.3, -0.25) is 9.78 Å². The zero-order valence-electron chi connectivity index (χ0n) is 6.41. The monoisotopic (exact) mass is 210 g/mol. The minimum atomic E-state index is -0.519. The van der Waals surface area contributed by atoms with Gasteiger partial charge in [0.1, 0.15) is 0 Å². The average Bonchev–Trinajstić information content (AvgIpc) is 2.03. The molecule has 0 atom stereocenters. The van der Waals surface area contributed by atoms with Crippen LogP contribution in [0.15, 0.2) is 24.3 Å². The summed E-state index contributed by atoms with van der Waals surface area (Å²) in [4.78, 5) is 19.2. The molecule has 0 spiro atoms. The molecule has 0 saturated carbocycles. The first kappa shape index (κ1) is 12.8. The van der Waals surface area contributed by atoms with Gasteiger partial charge >= 0.3 is 35.5 Å². The molecule has 1 rings (SSSR count). The topological polar surface area (TPSA) is 35.5 Å². The Kier molecular flexibility index (Phi) is 6.16. The molecule has 0 unspecified atom stereocenters. The first-order valence-electron chi connectivity index (χ1n) is 3.30. The predicted molar refractivity (Wildman–Crippen MR) is 51.0 cm³/mol. The fourth-order valence-corrected chi connectivity index (χ4v) is 0.783. The molecule has 0 saturated heterocycles. The molecule has 0 amide bonds. The summed E-state index contributed by atoms with van der Waals surface area (Å²) in [5.41, 5.74) is 0. The van der Waals surface area contributed by atoms with Gasteiger partial charge in [-0.2, -0.15) is 0 Å². The number of halogens is 1. The third kappa shape index (κ3) is 4.52. The summed E-state index contributed by atoms with van der Waals surface area (Å²) in [6, 6.07) is 6.72. The summed E-state index contributed by atoms with van der Waals surface area (Å²) in [5.74, 6) is -0.190. The molecule has 0 fully saturated rings. The van der Waals surface area contributed by atoms with Gasteiger partial charge in [0.25, 0.3) is 0 Å². The summed E-state index contributed by atoms with van der Waals surface area (Å²) in [6.45, 7) is 1.25. The van der Waals surface area contributed by atoms with Crippen molar-refractivity contribution in [2.24, 2.45) is 0 Å². The van der Waals surface area contributed by atoms with Crippen LogP contribution in [-0.2, 0) is 9.68 Å². The van der Waals surface area contributed by atoms with Crippen molar-refractivity contribution in [3.8, 4) is 5.75 Å². The van der Waals surface area contributed by atoms with E-state index in [9.17, 15) is 4.79 Å². The van der Waals surface area contributed by atoms with Gasteiger partial charge in [0.2, 0.25) is 0 Å². The molecule has 13 heavy (non-hydrogen) atoms. The first-order chi connectivity index (χ1) is 5.70. The number of benzene rings is 1. The van der Waals surface area contributed by atoms with Crippen LogP contribution in [0.3, 0.4) is 0 Å². The van der Waals surface area contributed by atoms with E-state index in [0.29, 0.717) is 10.8 Å². The summed E-state index contributed by atoms with van der Waals surface area (Å²) in [6.07, 6.45) is 0. The molecule has 0 radical (unpaired) electrons. The number of hydrogen-bond donors (Lipinski definition) is 0. The molecule has 0 heterocycles.